The van der Waals surface area contributed by atoms with E-state index < -0.39 is 54.1 Å². The molecule has 0 aliphatic heterocycles. The van der Waals surface area contributed by atoms with Crippen LogP contribution in [-0.4, -0.2) is 83.8 Å². The van der Waals surface area contributed by atoms with Gasteiger partial charge in [-0.25, -0.2) is 9.80 Å². The Morgan fingerprint density at radius 1 is 0.688 bits per heavy atom. The minimum atomic E-state index is -1.39. The molecule has 2 atom stereocenters. The lowest BCUT2D eigenvalue weighted by atomic mass is 9.77. The van der Waals surface area contributed by atoms with Crippen molar-refractivity contribution in [2.75, 3.05) is 26.8 Å². The van der Waals surface area contributed by atoms with Gasteiger partial charge in [-0.05, 0) is 54.7 Å². The fourth-order valence-electron chi connectivity index (χ4n) is 7.82. The van der Waals surface area contributed by atoms with Crippen LogP contribution in [-0.2, 0) is 42.5 Å². The fraction of sp³-hybridized carbons (Fsp3) is 0.275. The van der Waals surface area contributed by atoms with Gasteiger partial charge >= 0.3 is 6.03 Å². The molecule has 4 N–H and O–H groups in total. The normalized spacial score (nSPS) is 12.3. The molecule has 6 rings (SSSR count). The summed E-state index contributed by atoms with van der Waals surface area (Å²) in [4.78, 5) is 63.4. The molecule has 0 bridgehead atoms. The molecule has 0 fully saturated rings. The topological polar surface area (TPSA) is 154 Å². The molecule has 0 aliphatic rings. The second-order valence-corrected chi connectivity index (χ2v) is 15.3. The molecular weight excluding hydrogens is 807 g/mol. The lowest BCUT2D eigenvalue weighted by Crippen LogP contribution is -2.58. The third kappa shape index (κ3) is 12.0. The van der Waals surface area contributed by atoms with Crippen molar-refractivity contribution in [2.24, 2.45) is 0 Å². The fourth-order valence-corrected chi connectivity index (χ4v) is 7.82. The molecule has 0 spiro atoms. The molecule has 13 nitrogen and oxygen atoms in total. The molecule has 6 aromatic rings. The summed E-state index contributed by atoms with van der Waals surface area (Å²) in [5, 5.41) is 11.2. The minimum Gasteiger partial charge on any atom is -0.351 e. The highest BCUT2D eigenvalue weighted by molar-refractivity contribution is 5.93. The van der Waals surface area contributed by atoms with Crippen LogP contribution in [0.2, 0.25) is 0 Å². The number of rotatable bonds is 21. The van der Waals surface area contributed by atoms with Crippen LogP contribution in [0.15, 0.2) is 158 Å². The Morgan fingerprint density at radius 2 is 1.23 bits per heavy atom. The van der Waals surface area contributed by atoms with Gasteiger partial charge < -0.3 is 30.3 Å². The first-order valence-corrected chi connectivity index (χ1v) is 21.6. The van der Waals surface area contributed by atoms with Crippen molar-refractivity contribution in [3.63, 3.8) is 0 Å². The van der Waals surface area contributed by atoms with E-state index in [9.17, 15) is 14.4 Å². The van der Waals surface area contributed by atoms with Gasteiger partial charge in [0.1, 0.15) is 11.6 Å². The van der Waals surface area contributed by atoms with E-state index >= 15 is 4.79 Å². The van der Waals surface area contributed by atoms with Crippen LogP contribution in [0, 0.1) is 0 Å². The number of hydrogen-bond acceptors (Lipinski definition) is 8. The molecule has 13 heteroatoms. The second kappa shape index (κ2) is 23.0. The summed E-state index contributed by atoms with van der Waals surface area (Å²) in [5.41, 5.74) is 6.20. The number of carbonyl (C=O) groups is 4. The molecule has 0 radical (unpaired) electrons. The Kier molecular flexibility index (Phi) is 16.7. The van der Waals surface area contributed by atoms with Crippen LogP contribution in [0.4, 0.5) is 4.79 Å². The maximum Gasteiger partial charge on any atom is 0.329 e. The first-order valence-electron chi connectivity index (χ1n) is 21.6. The first-order chi connectivity index (χ1) is 31.1. The summed E-state index contributed by atoms with van der Waals surface area (Å²) in [6, 6.07) is 45.3. The van der Waals surface area contributed by atoms with Crippen LogP contribution in [0.25, 0.3) is 10.9 Å². The molecule has 5 amide bonds. The van der Waals surface area contributed by atoms with Gasteiger partial charge in [-0.3, -0.25) is 24.8 Å². The number of pyridine rings is 1. The summed E-state index contributed by atoms with van der Waals surface area (Å²) in [5.74, 6) is -1.66. The average Bonchev–Trinajstić information content (AvgIpc) is 3.32. The van der Waals surface area contributed by atoms with Crippen molar-refractivity contribution < 1.29 is 28.7 Å². The number of amides is 5. The van der Waals surface area contributed by atoms with E-state index in [2.05, 4.69) is 26.4 Å². The highest BCUT2D eigenvalue weighted by atomic mass is 16.7. The summed E-state index contributed by atoms with van der Waals surface area (Å²) in [6.07, 6.45) is 0.417. The van der Waals surface area contributed by atoms with Crippen molar-refractivity contribution in [1.29, 1.82) is 0 Å². The Balaban J connectivity index is 1.35. The van der Waals surface area contributed by atoms with Gasteiger partial charge in [0.2, 0.25) is 17.7 Å². The SMILES string of the molecule is CCOC(OCC)C(C)N(Cc1cccc2cccnc12)C(=O)C(CC(=O)NC(c1ccccc1)(c1ccccc1)c1ccccc1)NC(=O)CN(C)NC(=O)NCc1ccccc1. The second-order valence-electron chi connectivity index (χ2n) is 15.3. The number of urea groups is 1. The Bertz CT molecular complexity index is 2320. The van der Waals surface area contributed by atoms with Gasteiger partial charge in [-0.1, -0.05) is 146 Å². The number of aromatic nitrogens is 1. The van der Waals surface area contributed by atoms with Crippen LogP contribution in [0.5, 0.6) is 0 Å². The van der Waals surface area contributed by atoms with Gasteiger partial charge in [0.05, 0.1) is 24.5 Å². The highest BCUT2D eigenvalue weighted by Gasteiger charge is 2.40. The Morgan fingerprint density at radius 3 is 1.80 bits per heavy atom. The van der Waals surface area contributed by atoms with E-state index in [1.807, 2.05) is 172 Å². The number of para-hydroxylation sites is 1. The van der Waals surface area contributed by atoms with E-state index in [1.54, 1.807) is 11.1 Å². The third-order valence-electron chi connectivity index (χ3n) is 10.8. The van der Waals surface area contributed by atoms with Crippen molar-refractivity contribution in [3.8, 4) is 0 Å². The zero-order chi connectivity index (χ0) is 45.3. The molecular formula is C51H57N7O6. The molecule has 1 aromatic heterocycles. The van der Waals surface area contributed by atoms with Gasteiger partial charge in [0.25, 0.3) is 0 Å². The molecule has 0 saturated carbocycles. The maximum atomic E-state index is 15.4. The first kappa shape index (κ1) is 46.6. The van der Waals surface area contributed by atoms with E-state index in [0.717, 1.165) is 33.2 Å². The molecule has 2 unspecified atom stereocenters. The van der Waals surface area contributed by atoms with Crippen LogP contribution < -0.4 is 21.4 Å². The number of likely N-dealkylation sites (N-methyl/N-ethyl adjacent to an activating group) is 1. The van der Waals surface area contributed by atoms with Gasteiger partial charge in [0, 0.05) is 44.9 Å². The summed E-state index contributed by atoms with van der Waals surface area (Å²) in [7, 11) is 1.54. The minimum absolute atomic E-state index is 0.0595. The molecule has 5 aromatic carbocycles. The van der Waals surface area contributed by atoms with E-state index in [1.165, 1.54) is 12.1 Å². The van der Waals surface area contributed by atoms with E-state index in [0.29, 0.717) is 18.7 Å². The van der Waals surface area contributed by atoms with Crippen molar-refractivity contribution in [3.05, 3.63) is 186 Å². The standard InChI is InChI=1S/C51H57N7O6/c1-5-63-49(64-6-2)37(3)58(35-40-24-19-23-39-25-20-32-52-47(39)40)48(61)44(54-46(60)36-57(4)56-50(62)53-34-38-21-11-7-12-22-38)33-45(59)55-51(41-26-13-8-14-27-41,42-28-15-9-16-29-42)43-30-17-10-18-31-43/h7-32,37,44,49H,5-6,33-36H2,1-4H3,(H,54,60)(H,55,59)(H2,53,56,62). The number of nitrogens with one attached hydrogen (secondary N) is 4. The van der Waals surface area contributed by atoms with Gasteiger partial charge in [0.15, 0.2) is 6.29 Å². The quantitative estimate of drug-likeness (QED) is 0.0355. The summed E-state index contributed by atoms with van der Waals surface area (Å²) in [6.45, 7) is 6.14. The lowest BCUT2D eigenvalue weighted by molar-refractivity contribution is -0.180. The van der Waals surface area contributed by atoms with Crippen LogP contribution >= 0.6 is 0 Å². The third-order valence-corrected chi connectivity index (χ3v) is 10.8. The monoisotopic (exact) mass is 863 g/mol. The molecule has 64 heavy (non-hydrogen) atoms. The predicted octanol–water partition coefficient (Wildman–Crippen LogP) is 6.68. The Hall–Kier alpha value is -6.93. The maximum absolute atomic E-state index is 15.4. The number of hydrazine groups is 1. The van der Waals surface area contributed by atoms with Crippen LogP contribution in [0.1, 0.15) is 55.0 Å². The van der Waals surface area contributed by atoms with Crippen molar-refractivity contribution in [2.45, 2.75) is 64.2 Å². The number of benzene rings is 5. The number of hydrogen-bond donors (Lipinski definition) is 4. The van der Waals surface area contributed by atoms with E-state index in [4.69, 9.17) is 9.47 Å². The molecule has 1 heterocycles. The molecule has 0 aliphatic carbocycles. The largest absolute Gasteiger partial charge is 0.351 e. The number of carbonyl (C=O) groups excluding carboxylic acids is 4. The van der Waals surface area contributed by atoms with Crippen molar-refractivity contribution >= 4 is 34.7 Å². The summed E-state index contributed by atoms with van der Waals surface area (Å²) >= 11 is 0. The molecule has 332 valence electrons. The van der Waals surface area contributed by atoms with E-state index in [-0.39, 0.29) is 19.6 Å². The Labute approximate surface area is 375 Å². The zero-order valence-corrected chi connectivity index (χ0v) is 36.8. The smallest absolute Gasteiger partial charge is 0.329 e. The molecule has 0 saturated heterocycles. The number of ether oxygens (including phenoxy) is 2. The highest BCUT2D eigenvalue weighted by Crippen LogP contribution is 2.37. The van der Waals surface area contributed by atoms with Gasteiger partial charge in [-0.2, -0.15) is 0 Å². The summed E-state index contributed by atoms with van der Waals surface area (Å²) < 4.78 is 12.1. The van der Waals surface area contributed by atoms with Gasteiger partial charge in [-0.15, -0.1) is 0 Å². The van der Waals surface area contributed by atoms with Crippen molar-refractivity contribution in [1.82, 2.24) is 36.3 Å². The number of nitrogens with zero attached hydrogens (tertiary/aromatic N) is 3. The van der Waals surface area contributed by atoms with Crippen LogP contribution in [0.3, 0.4) is 0 Å². The predicted molar refractivity (Wildman–Crippen MR) is 247 cm³/mol. The number of fused-ring (bicyclic) bond motifs is 1. The zero-order valence-electron chi connectivity index (χ0n) is 36.8. The average molecular weight is 864 g/mol. The lowest BCUT2D eigenvalue weighted by Gasteiger charge is -2.38.